The fraction of sp³-hybridized carbons (Fsp3) is 0.917. The Morgan fingerprint density at radius 1 is 1.29 bits per heavy atom. The predicted octanol–water partition coefficient (Wildman–Crippen LogP) is 1.62. The van der Waals surface area contributed by atoms with Crippen LogP contribution in [0.4, 0.5) is 8.78 Å². The average molecular weight is 246 g/mol. The van der Waals surface area contributed by atoms with E-state index in [4.69, 9.17) is 5.73 Å². The molecule has 0 aromatic carbocycles. The van der Waals surface area contributed by atoms with Gasteiger partial charge in [-0.1, -0.05) is 6.92 Å². The highest BCUT2D eigenvalue weighted by atomic mass is 19.3. The van der Waals surface area contributed by atoms with Crippen LogP contribution in [0.2, 0.25) is 0 Å². The molecule has 17 heavy (non-hydrogen) atoms. The Kier molecular flexibility index (Phi) is 3.39. The fourth-order valence-electron chi connectivity index (χ4n) is 2.72. The minimum atomic E-state index is -2.56. The van der Waals surface area contributed by atoms with Crippen molar-refractivity contribution < 1.29 is 13.6 Å². The summed E-state index contributed by atoms with van der Waals surface area (Å²) in [4.78, 5) is 13.9. The summed E-state index contributed by atoms with van der Waals surface area (Å²) in [5.41, 5.74) is 5.87. The largest absolute Gasteiger partial charge is 0.341 e. The molecule has 0 aromatic rings. The van der Waals surface area contributed by atoms with Crippen molar-refractivity contribution in [3.63, 3.8) is 0 Å². The van der Waals surface area contributed by atoms with E-state index in [2.05, 4.69) is 0 Å². The number of hydrogen-bond acceptors (Lipinski definition) is 2. The van der Waals surface area contributed by atoms with Gasteiger partial charge in [-0.25, -0.2) is 8.78 Å². The van der Waals surface area contributed by atoms with E-state index in [9.17, 15) is 13.6 Å². The summed E-state index contributed by atoms with van der Waals surface area (Å²) in [6.07, 6.45) is 0.315. The number of alkyl halides is 2. The molecule has 98 valence electrons. The summed E-state index contributed by atoms with van der Waals surface area (Å²) < 4.78 is 26.0. The first-order valence-corrected chi connectivity index (χ1v) is 6.31. The lowest BCUT2D eigenvalue weighted by molar-refractivity contribution is -0.138. The highest BCUT2D eigenvalue weighted by molar-refractivity contribution is 5.79. The molecular weight excluding hydrogens is 226 g/mol. The zero-order valence-corrected chi connectivity index (χ0v) is 10.2. The van der Waals surface area contributed by atoms with Gasteiger partial charge in [-0.15, -0.1) is 0 Å². The van der Waals surface area contributed by atoms with Gasteiger partial charge in [-0.2, -0.15) is 0 Å². The van der Waals surface area contributed by atoms with Gasteiger partial charge in [0.15, 0.2) is 0 Å². The van der Waals surface area contributed by atoms with E-state index in [1.54, 1.807) is 4.90 Å². The lowest BCUT2D eigenvalue weighted by Gasteiger charge is -2.30. The molecule has 1 aliphatic carbocycles. The van der Waals surface area contributed by atoms with Crippen molar-refractivity contribution in [2.45, 2.75) is 44.6 Å². The van der Waals surface area contributed by atoms with Gasteiger partial charge >= 0.3 is 0 Å². The van der Waals surface area contributed by atoms with E-state index in [0.717, 1.165) is 0 Å². The number of rotatable bonds is 1. The summed E-state index contributed by atoms with van der Waals surface area (Å²) >= 11 is 0. The molecule has 5 heteroatoms. The van der Waals surface area contributed by atoms with E-state index >= 15 is 0 Å². The summed E-state index contributed by atoms with van der Waals surface area (Å²) in [6, 6.07) is 0.0315. The van der Waals surface area contributed by atoms with Crippen molar-refractivity contribution in [3.8, 4) is 0 Å². The third kappa shape index (κ3) is 2.76. The molecule has 0 bridgehead atoms. The highest BCUT2D eigenvalue weighted by Gasteiger charge is 2.40. The lowest BCUT2D eigenvalue weighted by Crippen LogP contribution is -2.39. The van der Waals surface area contributed by atoms with Crippen LogP contribution in [-0.4, -0.2) is 35.9 Å². The maximum Gasteiger partial charge on any atom is 0.248 e. The molecule has 1 aliphatic heterocycles. The number of halogens is 2. The quantitative estimate of drug-likeness (QED) is 0.764. The maximum absolute atomic E-state index is 13.0. The smallest absolute Gasteiger partial charge is 0.248 e. The molecule has 1 heterocycles. The Morgan fingerprint density at radius 2 is 1.88 bits per heavy atom. The number of nitrogens with two attached hydrogens (primary N) is 1. The van der Waals surface area contributed by atoms with Crippen molar-refractivity contribution in [1.82, 2.24) is 4.90 Å². The van der Waals surface area contributed by atoms with Gasteiger partial charge in [0.25, 0.3) is 0 Å². The van der Waals surface area contributed by atoms with E-state index < -0.39 is 5.92 Å². The normalized spacial score (nSPS) is 34.0. The first-order chi connectivity index (χ1) is 7.89. The Hall–Kier alpha value is -0.710. The molecule has 1 saturated heterocycles. The van der Waals surface area contributed by atoms with Gasteiger partial charge in [0.05, 0.1) is 0 Å². The van der Waals surface area contributed by atoms with E-state index in [-0.39, 0.29) is 30.7 Å². The SMILES string of the molecule is CC1CN(C(=O)C2CCC(F)(F)CC2)CC1N. The molecule has 3 nitrogen and oxygen atoms in total. The van der Waals surface area contributed by atoms with Crippen LogP contribution in [0.1, 0.15) is 32.6 Å². The van der Waals surface area contributed by atoms with Crippen LogP contribution in [0.3, 0.4) is 0 Å². The molecule has 0 aromatic heterocycles. The molecule has 0 radical (unpaired) electrons. The summed E-state index contributed by atoms with van der Waals surface area (Å²) in [7, 11) is 0. The summed E-state index contributed by atoms with van der Waals surface area (Å²) in [6.45, 7) is 3.27. The Labute approximate surface area is 100 Å². The zero-order valence-electron chi connectivity index (χ0n) is 10.2. The second kappa shape index (κ2) is 4.52. The average Bonchev–Trinajstić information content (AvgIpc) is 2.58. The highest BCUT2D eigenvalue weighted by Crippen LogP contribution is 2.37. The zero-order chi connectivity index (χ0) is 12.6. The number of carbonyl (C=O) groups is 1. The van der Waals surface area contributed by atoms with Crippen molar-refractivity contribution >= 4 is 5.91 Å². The summed E-state index contributed by atoms with van der Waals surface area (Å²) in [5.74, 6) is -2.44. The molecule has 1 amide bonds. The first kappa shape index (κ1) is 12.7. The number of hydrogen-bond donors (Lipinski definition) is 1. The standard InChI is InChI=1S/C12H20F2N2O/c1-8-6-16(7-10(8)15)11(17)9-2-4-12(13,14)5-3-9/h8-10H,2-7,15H2,1H3. The number of likely N-dealkylation sites (tertiary alicyclic amines) is 1. The fourth-order valence-corrected chi connectivity index (χ4v) is 2.72. The molecule has 0 spiro atoms. The van der Waals surface area contributed by atoms with Crippen molar-refractivity contribution in [1.29, 1.82) is 0 Å². The van der Waals surface area contributed by atoms with Gasteiger partial charge in [0.2, 0.25) is 11.8 Å². The molecule has 2 unspecified atom stereocenters. The lowest BCUT2D eigenvalue weighted by atomic mass is 9.86. The molecule has 2 atom stereocenters. The Balaban J connectivity index is 1.89. The Bertz CT molecular complexity index is 289. The van der Waals surface area contributed by atoms with Crippen LogP contribution in [0.5, 0.6) is 0 Å². The van der Waals surface area contributed by atoms with Crippen LogP contribution in [0, 0.1) is 11.8 Å². The topological polar surface area (TPSA) is 46.3 Å². The van der Waals surface area contributed by atoms with Crippen LogP contribution < -0.4 is 5.73 Å². The van der Waals surface area contributed by atoms with Crippen LogP contribution >= 0.6 is 0 Å². The van der Waals surface area contributed by atoms with Gasteiger partial charge < -0.3 is 10.6 Å². The van der Waals surface area contributed by atoms with E-state index in [1.807, 2.05) is 6.92 Å². The van der Waals surface area contributed by atoms with Crippen molar-refractivity contribution in [2.75, 3.05) is 13.1 Å². The van der Waals surface area contributed by atoms with Gasteiger partial charge in [-0.05, 0) is 18.8 Å². The van der Waals surface area contributed by atoms with Crippen molar-refractivity contribution in [2.24, 2.45) is 17.6 Å². The minimum absolute atomic E-state index is 0.0281. The molecule has 2 fully saturated rings. The first-order valence-electron chi connectivity index (χ1n) is 6.31. The number of amides is 1. The Morgan fingerprint density at radius 3 is 2.35 bits per heavy atom. The second-order valence-corrected chi connectivity index (χ2v) is 5.51. The minimum Gasteiger partial charge on any atom is -0.341 e. The van der Waals surface area contributed by atoms with Gasteiger partial charge in [0.1, 0.15) is 0 Å². The van der Waals surface area contributed by atoms with Crippen molar-refractivity contribution in [3.05, 3.63) is 0 Å². The summed E-state index contributed by atoms with van der Waals surface area (Å²) in [5, 5.41) is 0. The molecular formula is C12H20F2N2O. The molecule has 2 N–H and O–H groups in total. The monoisotopic (exact) mass is 246 g/mol. The number of carbonyl (C=O) groups excluding carboxylic acids is 1. The third-order valence-electron chi connectivity index (χ3n) is 4.05. The van der Waals surface area contributed by atoms with Crippen LogP contribution in [0.15, 0.2) is 0 Å². The maximum atomic E-state index is 13.0. The van der Waals surface area contributed by atoms with Gasteiger partial charge in [-0.3, -0.25) is 4.79 Å². The van der Waals surface area contributed by atoms with Crippen LogP contribution in [0.25, 0.3) is 0 Å². The van der Waals surface area contributed by atoms with E-state index in [1.165, 1.54) is 0 Å². The number of nitrogens with zero attached hydrogens (tertiary/aromatic N) is 1. The van der Waals surface area contributed by atoms with E-state index in [0.29, 0.717) is 31.8 Å². The third-order valence-corrected chi connectivity index (χ3v) is 4.05. The molecule has 1 saturated carbocycles. The molecule has 2 aliphatic rings. The van der Waals surface area contributed by atoms with Gasteiger partial charge in [0, 0.05) is 37.9 Å². The van der Waals surface area contributed by atoms with Crippen LogP contribution in [-0.2, 0) is 4.79 Å². The molecule has 2 rings (SSSR count). The predicted molar refractivity (Wildman–Crippen MR) is 60.6 cm³/mol. The second-order valence-electron chi connectivity index (χ2n) is 5.51.